The zero-order chi connectivity index (χ0) is 21.4. The van der Waals surface area contributed by atoms with Crippen LogP contribution in [-0.2, 0) is 9.59 Å². The Hall–Kier alpha value is -2.57. The van der Waals surface area contributed by atoms with Crippen molar-refractivity contribution in [3.8, 4) is 11.5 Å². The Morgan fingerprint density at radius 1 is 1.00 bits per heavy atom. The second kappa shape index (κ2) is 10.3. The van der Waals surface area contributed by atoms with Gasteiger partial charge in [0.2, 0.25) is 11.8 Å². The van der Waals surface area contributed by atoms with E-state index in [-0.39, 0.29) is 30.4 Å². The topological polar surface area (TPSA) is 70.7 Å². The summed E-state index contributed by atoms with van der Waals surface area (Å²) in [5, 5.41) is 6.27. The van der Waals surface area contributed by atoms with Crippen LogP contribution in [0.25, 0.3) is 0 Å². The molecule has 0 bridgehead atoms. The number of hydrogen-bond donors (Lipinski definition) is 2. The Morgan fingerprint density at radius 3 is 2.21 bits per heavy atom. The van der Waals surface area contributed by atoms with Crippen molar-refractivity contribution in [2.75, 3.05) is 25.0 Å². The Labute approximate surface area is 177 Å². The van der Waals surface area contributed by atoms with Gasteiger partial charge in [-0.15, -0.1) is 0 Å². The first-order valence-electron chi connectivity index (χ1n) is 9.52. The van der Waals surface area contributed by atoms with Gasteiger partial charge in [-0.2, -0.15) is 0 Å². The van der Waals surface area contributed by atoms with E-state index < -0.39 is 0 Å². The van der Waals surface area contributed by atoms with Crippen molar-refractivity contribution in [1.82, 2.24) is 10.2 Å². The summed E-state index contributed by atoms with van der Waals surface area (Å²) in [6, 6.07) is 14.2. The molecule has 0 aromatic heterocycles. The molecule has 156 valence electrons. The van der Waals surface area contributed by atoms with Gasteiger partial charge in [-0.25, -0.2) is 0 Å². The van der Waals surface area contributed by atoms with Crippen molar-refractivity contribution in [3.63, 3.8) is 0 Å². The summed E-state index contributed by atoms with van der Waals surface area (Å²) in [7, 11) is 0. The predicted octanol–water partition coefficient (Wildman–Crippen LogP) is 4.31. The molecule has 7 heteroatoms. The molecule has 29 heavy (non-hydrogen) atoms. The first-order chi connectivity index (χ1) is 13.7. The average Bonchev–Trinajstić information content (AvgIpc) is 2.63. The molecule has 2 N–H and O–H groups in total. The first kappa shape index (κ1) is 22.7. The number of nitrogens with one attached hydrogen (secondary N) is 2. The highest BCUT2D eigenvalue weighted by atomic mass is 35.5. The standard InChI is InChI=1S/C22H28ClN3O3/c1-5-26(15-21(28)25-22(2,3)4)14-20(27)24-16-10-12-17(13-11-16)29-19-9-7-6-8-18(19)23/h6-13H,5,14-15H2,1-4H3,(H,24,27)(H,25,28). The molecular weight excluding hydrogens is 390 g/mol. The quantitative estimate of drug-likeness (QED) is 0.671. The lowest BCUT2D eigenvalue weighted by Gasteiger charge is -2.24. The van der Waals surface area contributed by atoms with Crippen LogP contribution in [0.15, 0.2) is 48.5 Å². The second-order valence-corrected chi connectivity index (χ2v) is 8.11. The van der Waals surface area contributed by atoms with Crippen LogP contribution >= 0.6 is 11.6 Å². The molecule has 0 aliphatic heterocycles. The van der Waals surface area contributed by atoms with E-state index in [2.05, 4.69) is 10.6 Å². The number of hydrogen-bond acceptors (Lipinski definition) is 4. The maximum absolute atomic E-state index is 12.3. The monoisotopic (exact) mass is 417 g/mol. The molecule has 0 aliphatic rings. The SMILES string of the molecule is CCN(CC(=O)Nc1ccc(Oc2ccccc2Cl)cc1)CC(=O)NC(C)(C)C. The molecular formula is C22H28ClN3O3. The molecule has 2 amide bonds. The fraction of sp³-hybridized carbons (Fsp3) is 0.364. The summed E-state index contributed by atoms with van der Waals surface area (Å²) in [5.41, 5.74) is 0.351. The number of carbonyl (C=O) groups is 2. The molecule has 6 nitrogen and oxygen atoms in total. The molecule has 2 aromatic rings. The second-order valence-electron chi connectivity index (χ2n) is 7.71. The van der Waals surface area contributed by atoms with Crippen molar-refractivity contribution >= 4 is 29.1 Å². The molecule has 0 spiro atoms. The van der Waals surface area contributed by atoms with Crippen LogP contribution in [0.4, 0.5) is 5.69 Å². The minimum atomic E-state index is -0.299. The number of rotatable bonds is 8. The van der Waals surface area contributed by atoms with E-state index in [1.807, 2.05) is 39.8 Å². The molecule has 2 aromatic carbocycles. The highest BCUT2D eigenvalue weighted by Gasteiger charge is 2.17. The summed E-state index contributed by atoms with van der Waals surface area (Å²) in [5.74, 6) is 0.895. The van der Waals surface area contributed by atoms with Crippen molar-refractivity contribution in [1.29, 1.82) is 0 Å². The fourth-order valence-corrected chi connectivity index (χ4v) is 2.78. The summed E-state index contributed by atoms with van der Waals surface area (Å²) < 4.78 is 5.74. The molecule has 0 radical (unpaired) electrons. The van der Waals surface area contributed by atoms with E-state index >= 15 is 0 Å². The summed E-state index contributed by atoms with van der Waals surface area (Å²) in [4.78, 5) is 26.2. The third-order valence-corrected chi connectivity index (χ3v) is 4.21. The smallest absolute Gasteiger partial charge is 0.238 e. The summed E-state index contributed by atoms with van der Waals surface area (Å²) in [6.07, 6.45) is 0. The van der Waals surface area contributed by atoms with Gasteiger partial charge in [0, 0.05) is 11.2 Å². The summed E-state index contributed by atoms with van der Waals surface area (Å²) in [6.45, 7) is 8.58. The molecule has 0 saturated heterocycles. The van der Waals surface area contributed by atoms with Gasteiger partial charge in [0.25, 0.3) is 0 Å². The van der Waals surface area contributed by atoms with Crippen LogP contribution in [0.2, 0.25) is 5.02 Å². The number of anilines is 1. The van der Waals surface area contributed by atoms with Gasteiger partial charge in [0.1, 0.15) is 11.5 Å². The van der Waals surface area contributed by atoms with Crippen molar-refractivity contribution in [3.05, 3.63) is 53.6 Å². The minimum Gasteiger partial charge on any atom is -0.456 e. The number of amides is 2. The summed E-state index contributed by atoms with van der Waals surface area (Å²) >= 11 is 6.09. The number of para-hydroxylation sites is 1. The van der Waals surface area contributed by atoms with Gasteiger partial charge in [0.05, 0.1) is 18.1 Å². The number of benzene rings is 2. The van der Waals surface area contributed by atoms with Crippen molar-refractivity contribution < 1.29 is 14.3 Å². The largest absolute Gasteiger partial charge is 0.456 e. The van der Waals surface area contributed by atoms with Crippen molar-refractivity contribution in [2.24, 2.45) is 0 Å². The number of nitrogens with zero attached hydrogens (tertiary/aromatic N) is 1. The van der Waals surface area contributed by atoms with E-state index in [0.29, 0.717) is 28.8 Å². The zero-order valence-corrected chi connectivity index (χ0v) is 18.0. The van der Waals surface area contributed by atoms with Gasteiger partial charge >= 0.3 is 0 Å². The third-order valence-electron chi connectivity index (χ3n) is 3.90. The Kier molecular flexibility index (Phi) is 8.05. The molecule has 0 heterocycles. The van der Waals surface area contributed by atoms with Gasteiger partial charge in [-0.05, 0) is 63.7 Å². The first-order valence-corrected chi connectivity index (χ1v) is 9.90. The minimum absolute atomic E-state index is 0.103. The van der Waals surface area contributed by atoms with Crippen LogP contribution in [-0.4, -0.2) is 41.9 Å². The van der Waals surface area contributed by atoms with E-state index in [4.69, 9.17) is 16.3 Å². The zero-order valence-electron chi connectivity index (χ0n) is 17.3. The molecule has 0 unspecified atom stereocenters. The van der Waals surface area contributed by atoms with Crippen LogP contribution < -0.4 is 15.4 Å². The molecule has 0 atom stereocenters. The molecule has 0 saturated carbocycles. The molecule has 0 fully saturated rings. The normalized spacial score (nSPS) is 11.2. The Balaban J connectivity index is 1.88. The van der Waals surface area contributed by atoms with Gasteiger partial charge in [0.15, 0.2) is 0 Å². The predicted molar refractivity (Wildman–Crippen MR) is 117 cm³/mol. The maximum atomic E-state index is 12.3. The maximum Gasteiger partial charge on any atom is 0.238 e. The van der Waals surface area contributed by atoms with E-state index in [9.17, 15) is 9.59 Å². The number of likely N-dealkylation sites (N-methyl/N-ethyl adjacent to an activating group) is 1. The van der Waals surface area contributed by atoms with Crippen LogP contribution in [0.3, 0.4) is 0 Å². The van der Waals surface area contributed by atoms with Gasteiger partial charge in [-0.1, -0.05) is 30.7 Å². The molecule has 0 aliphatic carbocycles. The van der Waals surface area contributed by atoms with Crippen LogP contribution in [0, 0.1) is 0 Å². The Bertz CT molecular complexity index is 832. The number of carbonyl (C=O) groups excluding carboxylic acids is 2. The average molecular weight is 418 g/mol. The fourth-order valence-electron chi connectivity index (χ4n) is 2.60. The highest BCUT2D eigenvalue weighted by Crippen LogP contribution is 2.29. The lowest BCUT2D eigenvalue weighted by atomic mass is 10.1. The van der Waals surface area contributed by atoms with Crippen LogP contribution in [0.1, 0.15) is 27.7 Å². The lowest BCUT2D eigenvalue weighted by Crippen LogP contribution is -2.47. The lowest BCUT2D eigenvalue weighted by molar-refractivity contribution is -0.124. The van der Waals surface area contributed by atoms with Crippen molar-refractivity contribution in [2.45, 2.75) is 33.2 Å². The van der Waals surface area contributed by atoms with Crippen LogP contribution in [0.5, 0.6) is 11.5 Å². The number of ether oxygens (including phenoxy) is 1. The van der Waals surface area contributed by atoms with Gasteiger partial charge < -0.3 is 15.4 Å². The van der Waals surface area contributed by atoms with Gasteiger partial charge in [-0.3, -0.25) is 14.5 Å². The highest BCUT2D eigenvalue weighted by molar-refractivity contribution is 6.32. The third kappa shape index (κ3) is 8.13. The van der Waals surface area contributed by atoms with E-state index in [0.717, 1.165) is 0 Å². The van der Waals surface area contributed by atoms with E-state index in [1.165, 1.54) is 0 Å². The van der Waals surface area contributed by atoms with E-state index in [1.54, 1.807) is 41.3 Å². The molecule has 2 rings (SSSR count). The number of halogens is 1. The Morgan fingerprint density at radius 2 is 1.62 bits per heavy atom.